The van der Waals surface area contributed by atoms with Gasteiger partial charge in [0, 0.05) is 37.8 Å². The Kier molecular flexibility index (Phi) is 6.74. The zero-order chi connectivity index (χ0) is 32.9. The summed E-state index contributed by atoms with van der Waals surface area (Å²) in [5.41, 5.74) is -2.19. The molecule has 4 aromatic rings. The smallest absolute Gasteiger partial charge is 0.319 e. The topological polar surface area (TPSA) is 94.8 Å². The Labute approximate surface area is 269 Å². The number of aromatic nitrogens is 3. The minimum Gasteiger partial charge on any atom is -0.508 e. The number of fused-ring (bicyclic) bond motifs is 3. The standard InChI is InChI=1S/C35H37F4N5O3/c1-3-22-25(36)7-6-20-12-21(45)13-23(26(20)22)28-27(37)29-24(14-40-28)30(43-10-4-8-32(2,46)17-43)42-31(41-29)47-19-34-9-5-11-44(34)18-33(15-34)16-35(33,38)39/h6-7,12-14,45-46H,3-5,8-11,15-19H2,1-2H3/t32-,33?,34?/m1/s1. The van der Waals surface area contributed by atoms with Crippen molar-refractivity contribution in [1.29, 1.82) is 0 Å². The number of benzene rings is 2. The van der Waals surface area contributed by atoms with Crippen molar-refractivity contribution < 1.29 is 32.5 Å². The van der Waals surface area contributed by atoms with Crippen LogP contribution in [0.15, 0.2) is 30.5 Å². The number of aliphatic hydroxyl groups is 1. The van der Waals surface area contributed by atoms with Gasteiger partial charge >= 0.3 is 6.01 Å². The summed E-state index contributed by atoms with van der Waals surface area (Å²) >= 11 is 0. The molecule has 8 nitrogen and oxygen atoms in total. The van der Waals surface area contributed by atoms with Crippen molar-refractivity contribution >= 4 is 27.5 Å². The van der Waals surface area contributed by atoms with Crippen LogP contribution in [0, 0.1) is 17.0 Å². The van der Waals surface area contributed by atoms with E-state index in [0.717, 1.165) is 13.0 Å². The molecule has 4 aliphatic rings. The number of phenols is 1. The van der Waals surface area contributed by atoms with Crippen LogP contribution in [-0.4, -0.2) is 79.9 Å². The molecule has 3 aliphatic heterocycles. The molecule has 0 amide bonds. The second-order valence-corrected chi connectivity index (χ2v) is 14.4. The summed E-state index contributed by atoms with van der Waals surface area (Å²) in [6, 6.07) is 5.64. The number of ether oxygens (including phenoxy) is 1. The fourth-order valence-corrected chi connectivity index (χ4v) is 8.60. The number of nitrogens with zero attached hydrogens (tertiary/aromatic N) is 5. The number of rotatable bonds is 6. The third-order valence-electron chi connectivity index (χ3n) is 11.0. The zero-order valence-corrected chi connectivity index (χ0v) is 26.4. The van der Waals surface area contributed by atoms with Gasteiger partial charge in [-0.1, -0.05) is 13.0 Å². The number of hydrogen-bond acceptors (Lipinski definition) is 8. The van der Waals surface area contributed by atoms with E-state index in [4.69, 9.17) is 9.72 Å². The molecule has 1 saturated carbocycles. The maximum atomic E-state index is 16.8. The van der Waals surface area contributed by atoms with Gasteiger partial charge in [0.15, 0.2) is 5.82 Å². The summed E-state index contributed by atoms with van der Waals surface area (Å²) in [6.45, 7) is 5.48. The van der Waals surface area contributed by atoms with Gasteiger partial charge in [-0.15, -0.1) is 0 Å². The van der Waals surface area contributed by atoms with Gasteiger partial charge in [0.25, 0.3) is 5.92 Å². The molecule has 2 aromatic heterocycles. The van der Waals surface area contributed by atoms with Crippen LogP contribution in [0.1, 0.15) is 57.9 Å². The molecule has 12 heteroatoms. The van der Waals surface area contributed by atoms with E-state index < -0.39 is 34.1 Å². The van der Waals surface area contributed by atoms with Crippen molar-refractivity contribution in [3.05, 3.63) is 47.7 Å². The Hall–Kier alpha value is -3.77. The Morgan fingerprint density at radius 1 is 1.02 bits per heavy atom. The molecule has 5 heterocycles. The van der Waals surface area contributed by atoms with E-state index in [1.165, 1.54) is 30.5 Å². The van der Waals surface area contributed by atoms with Gasteiger partial charge < -0.3 is 19.8 Å². The second kappa shape index (κ2) is 10.4. The highest BCUT2D eigenvalue weighted by Gasteiger charge is 2.77. The lowest BCUT2D eigenvalue weighted by Gasteiger charge is -2.38. The van der Waals surface area contributed by atoms with Crippen LogP contribution in [0.5, 0.6) is 11.8 Å². The van der Waals surface area contributed by atoms with Crippen LogP contribution in [0.2, 0.25) is 0 Å². The fraction of sp³-hybridized carbons (Fsp3) is 0.514. The minimum absolute atomic E-state index is 0.0800. The Balaban J connectivity index is 1.25. The molecule has 4 fully saturated rings. The predicted octanol–water partition coefficient (Wildman–Crippen LogP) is 6.38. The van der Waals surface area contributed by atoms with Gasteiger partial charge in [0.1, 0.15) is 35.2 Å². The summed E-state index contributed by atoms with van der Waals surface area (Å²) in [7, 11) is 0. The van der Waals surface area contributed by atoms with Crippen LogP contribution < -0.4 is 9.64 Å². The third-order valence-corrected chi connectivity index (χ3v) is 11.0. The molecular formula is C35H37F4N5O3. The highest BCUT2D eigenvalue weighted by atomic mass is 19.3. The van der Waals surface area contributed by atoms with E-state index in [-0.39, 0.29) is 48.1 Å². The quantitative estimate of drug-likeness (QED) is 0.232. The molecule has 2 unspecified atom stereocenters. The van der Waals surface area contributed by atoms with E-state index in [1.54, 1.807) is 13.8 Å². The Bertz CT molecular complexity index is 1940. The summed E-state index contributed by atoms with van der Waals surface area (Å²) in [5, 5.41) is 22.8. The molecule has 0 bridgehead atoms. The number of pyridine rings is 1. The zero-order valence-electron chi connectivity index (χ0n) is 26.4. The maximum Gasteiger partial charge on any atom is 0.319 e. The highest BCUT2D eigenvalue weighted by molar-refractivity contribution is 6.01. The van der Waals surface area contributed by atoms with Gasteiger partial charge in [-0.05, 0) is 86.5 Å². The van der Waals surface area contributed by atoms with Crippen LogP contribution in [-0.2, 0) is 6.42 Å². The Morgan fingerprint density at radius 2 is 1.81 bits per heavy atom. The molecular weight excluding hydrogens is 614 g/mol. The van der Waals surface area contributed by atoms with Gasteiger partial charge in [0.2, 0.25) is 0 Å². The third kappa shape index (κ3) is 4.81. The van der Waals surface area contributed by atoms with E-state index in [0.29, 0.717) is 72.7 Å². The predicted molar refractivity (Wildman–Crippen MR) is 169 cm³/mol. The summed E-state index contributed by atoms with van der Waals surface area (Å²) < 4.78 is 66.9. The summed E-state index contributed by atoms with van der Waals surface area (Å²) in [4.78, 5) is 17.7. The number of anilines is 1. The summed E-state index contributed by atoms with van der Waals surface area (Å²) in [5.74, 6) is -3.69. The van der Waals surface area contributed by atoms with Crippen LogP contribution in [0.4, 0.5) is 23.4 Å². The van der Waals surface area contributed by atoms with Crippen LogP contribution in [0.25, 0.3) is 32.9 Å². The van der Waals surface area contributed by atoms with Gasteiger partial charge in [-0.3, -0.25) is 9.88 Å². The normalized spacial score (nSPS) is 28.4. The van der Waals surface area contributed by atoms with Gasteiger partial charge in [0.05, 0.1) is 21.9 Å². The lowest BCUT2D eigenvalue weighted by molar-refractivity contribution is 0.0446. The van der Waals surface area contributed by atoms with Crippen molar-refractivity contribution in [1.82, 2.24) is 19.9 Å². The molecule has 0 radical (unpaired) electrons. The lowest BCUT2D eigenvalue weighted by Crippen LogP contribution is -2.46. The number of alkyl halides is 2. The van der Waals surface area contributed by atoms with Crippen molar-refractivity contribution in [3.8, 4) is 23.0 Å². The first kappa shape index (κ1) is 30.6. The van der Waals surface area contributed by atoms with Crippen LogP contribution >= 0.6 is 0 Å². The molecule has 8 rings (SSSR count). The average molecular weight is 652 g/mol. The van der Waals surface area contributed by atoms with Crippen molar-refractivity contribution in [3.63, 3.8) is 0 Å². The van der Waals surface area contributed by atoms with Crippen LogP contribution in [0.3, 0.4) is 0 Å². The molecule has 1 aliphatic carbocycles. The maximum absolute atomic E-state index is 16.8. The molecule has 1 spiro atoms. The monoisotopic (exact) mass is 651 g/mol. The van der Waals surface area contributed by atoms with Gasteiger partial charge in [-0.2, -0.15) is 9.97 Å². The molecule has 2 N–H and O–H groups in total. The lowest BCUT2D eigenvalue weighted by atomic mass is 9.89. The van der Waals surface area contributed by atoms with Gasteiger partial charge in [-0.25, -0.2) is 17.6 Å². The largest absolute Gasteiger partial charge is 0.508 e. The van der Waals surface area contributed by atoms with E-state index >= 15 is 4.39 Å². The number of hydrogen-bond donors (Lipinski definition) is 2. The first-order valence-corrected chi connectivity index (χ1v) is 16.4. The first-order valence-electron chi connectivity index (χ1n) is 16.4. The van der Waals surface area contributed by atoms with E-state index in [2.05, 4.69) is 14.9 Å². The van der Waals surface area contributed by atoms with Crippen molar-refractivity contribution in [2.75, 3.05) is 37.7 Å². The number of halogens is 4. The number of piperidine rings is 1. The SMILES string of the molecule is CCc1c(F)ccc2cc(O)cc(-c3ncc4c(N5CCC[C@@](C)(O)C5)nc(OCC56CCCN5CC5(C6)CC5(F)F)nc4c3F)c12. The first-order chi connectivity index (χ1) is 22.3. The molecule has 248 valence electrons. The Morgan fingerprint density at radius 3 is 2.55 bits per heavy atom. The number of β-amino-alcohol motifs (C(OH)–C–C–N with tert-alkyl or cyclic N) is 1. The molecule has 2 aromatic carbocycles. The number of aromatic hydroxyl groups is 1. The van der Waals surface area contributed by atoms with Crippen molar-refractivity contribution in [2.24, 2.45) is 5.41 Å². The van der Waals surface area contributed by atoms with Crippen molar-refractivity contribution in [2.45, 2.75) is 75.9 Å². The highest BCUT2D eigenvalue weighted by Crippen LogP contribution is 2.69. The number of aryl methyl sites for hydroxylation is 1. The molecule has 3 atom stereocenters. The second-order valence-electron chi connectivity index (χ2n) is 14.4. The van der Waals surface area contributed by atoms with E-state index in [9.17, 15) is 23.4 Å². The number of phenolic OH excluding ortho intramolecular Hbond substituents is 1. The molecule has 3 saturated heterocycles. The average Bonchev–Trinajstić information content (AvgIpc) is 3.24. The molecule has 47 heavy (non-hydrogen) atoms. The minimum atomic E-state index is -2.68. The van der Waals surface area contributed by atoms with E-state index in [1.807, 2.05) is 4.90 Å². The fourth-order valence-electron chi connectivity index (χ4n) is 8.60. The summed E-state index contributed by atoms with van der Waals surface area (Å²) in [6.07, 6.45) is 4.87.